The third-order valence-corrected chi connectivity index (χ3v) is 5.31. The number of hydrogen-bond donors (Lipinski definition) is 1. The van der Waals surface area contributed by atoms with Crippen molar-refractivity contribution >= 4 is 34.2 Å². The molecule has 1 saturated heterocycles. The third-order valence-electron chi connectivity index (χ3n) is 4.90. The number of carboxylic acids is 1. The maximum absolute atomic E-state index is 11.7. The van der Waals surface area contributed by atoms with Crippen LogP contribution in [0.5, 0.6) is 0 Å². The van der Waals surface area contributed by atoms with Crippen LogP contribution in [0.1, 0.15) is 27.4 Å². The largest absolute Gasteiger partial charge is 0.478 e. The Hall–Kier alpha value is -2.59. The van der Waals surface area contributed by atoms with Crippen molar-refractivity contribution in [2.24, 2.45) is 0 Å². The number of aryl methyl sites for hydroxylation is 1. The molecule has 0 saturated carbocycles. The number of carbonyl (C=O) groups is 1. The van der Waals surface area contributed by atoms with Crippen LogP contribution in [-0.2, 0) is 0 Å². The van der Waals surface area contributed by atoms with Gasteiger partial charge in [0.05, 0.1) is 11.2 Å². The first-order chi connectivity index (χ1) is 12.1. The van der Waals surface area contributed by atoms with Crippen LogP contribution in [0.25, 0.3) is 10.9 Å². The molecule has 0 radical (unpaired) electrons. The van der Waals surface area contributed by atoms with Crippen LogP contribution in [0.4, 0.5) is 5.69 Å². The number of hydrogen-bond acceptors (Lipinski definition) is 3. The number of carboxylic acid groups (broad SMARTS) is 1. The van der Waals surface area contributed by atoms with Crippen molar-refractivity contribution in [3.8, 4) is 0 Å². The lowest BCUT2D eigenvalue weighted by Gasteiger charge is -2.42. The van der Waals surface area contributed by atoms with E-state index in [1.807, 2.05) is 37.3 Å². The molecule has 0 atom stereocenters. The summed E-state index contributed by atoms with van der Waals surface area (Å²) in [6.45, 7) is 3.50. The molecular weight excluding hydrogens is 336 g/mol. The zero-order valence-electron chi connectivity index (χ0n) is 13.7. The second-order valence-electron chi connectivity index (χ2n) is 6.41. The summed E-state index contributed by atoms with van der Waals surface area (Å²) in [7, 11) is 0. The average Bonchev–Trinajstić information content (AvgIpc) is 2.57. The molecule has 0 aliphatic carbocycles. The molecule has 1 N–H and O–H groups in total. The highest BCUT2D eigenvalue weighted by molar-refractivity contribution is 6.32. The van der Waals surface area contributed by atoms with Gasteiger partial charge in [0.1, 0.15) is 5.56 Å². The minimum Gasteiger partial charge on any atom is -0.478 e. The highest BCUT2D eigenvalue weighted by Crippen LogP contribution is 2.39. The van der Waals surface area contributed by atoms with E-state index in [4.69, 9.17) is 11.6 Å². The van der Waals surface area contributed by atoms with Crippen molar-refractivity contribution in [3.05, 3.63) is 70.4 Å². The van der Waals surface area contributed by atoms with Crippen LogP contribution in [0.3, 0.4) is 0 Å². The van der Waals surface area contributed by atoms with E-state index in [-0.39, 0.29) is 5.56 Å². The van der Waals surface area contributed by atoms with Crippen LogP contribution in [0.15, 0.2) is 48.7 Å². The number of halogens is 1. The van der Waals surface area contributed by atoms with E-state index in [0.717, 1.165) is 35.2 Å². The van der Waals surface area contributed by atoms with Gasteiger partial charge in [0.15, 0.2) is 0 Å². The Kier molecular flexibility index (Phi) is 3.85. The second-order valence-corrected chi connectivity index (χ2v) is 6.81. The fraction of sp³-hybridized carbons (Fsp3) is 0.200. The smallest absolute Gasteiger partial charge is 0.339 e. The van der Waals surface area contributed by atoms with Crippen molar-refractivity contribution < 1.29 is 9.90 Å². The molecule has 0 bridgehead atoms. The summed E-state index contributed by atoms with van der Waals surface area (Å²) < 4.78 is 0. The molecule has 25 heavy (non-hydrogen) atoms. The summed E-state index contributed by atoms with van der Waals surface area (Å²) in [5.74, 6) is -0.542. The minimum absolute atomic E-state index is 0.237. The molecule has 0 unspecified atom stereocenters. The molecule has 126 valence electrons. The van der Waals surface area contributed by atoms with Gasteiger partial charge in [-0.25, -0.2) is 4.79 Å². The SMILES string of the molecule is Cc1c(Cl)ccc2c(N3CC(c4ccccc4)C3)c(C(=O)O)cnc12. The Labute approximate surface area is 150 Å². The van der Waals surface area contributed by atoms with Crippen LogP contribution >= 0.6 is 11.6 Å². The van der Waals surface area contributed by atoms with E-state index in [2.05, 4.69) is 22.0 Å². The topological polar surface area (TPSA) is 53.4 Å². The molecule has 4 rings (SSSR count). The van der Waals surface area contributed by atoms with Gasteiger partial charge in [0.25, 0.3) is 0 Å². The standard InChI is InChI=1S/C20H17ClN2O2/c1-12-17(21)8-7-15-18(12)22-9-16(20(24)25)19(15)23-10-14(11-23)13-5-3-2-4-6-13/h2-9,14H,10-11H2,1H3,(H,24,25). The zero-order chi connectivity index (χ0) is 17.6. The third kappa shape index (κ3) is 2.63. The Morgan fingerprint density at radius 1 is 1.20 bits per heavy atom. The normalized spacial score (nSPS) is 14.6. The van der Waals surface area contributed by atoms with Crippen LogP contribution in [0, 0.1) is 6.92 Å². The van der Waals surface area contributed by atoms with Gasteiger partial charge in [-0.15, -0.1) is 0 Å². The quantitative estimate of drug-likeness (QED) is 0.754. The van der Waals surface area contributed by atoms with E-state index in [0.29, 0.717) is 10.9 Å². The van der Waals surface area contributed by atoms with Gasteiger partial charge in [0.2, 0.25) is 0 Å². The molecule has 0 amide bonds. The Morgan fingerprint density at radius 3 is 2.60 bits per heavy atom. The summed E-state index contributed by atoms with van der Waals surface area (Å²) in [4.78, 5) is 18.2. The Balaban J connectivity index is 1.77. The zero-order valence-corrected chi connectivity index (χ0v) is 14.5. The van der Waals surface area contributed by atoms with E-state index in [1.54, 1.807) is 0 Å². The van der Waals surface area contributed by atoms with Crippen molar-refractivity contribution in [1.82, 2.24) is 4.98 Å². The highest BCUT2D eigenvalue weighted by atomic mass is 35.5. The number of benzene rings is 2. The first-order valence-corrected chi connectivity index (χ1v) is 8.55. The van der Waals surface area contributed by atoms with Gasteiger partial charge in [-0.3, -0.25) is 4.98 Å². The first-order valence-electron chi connectivity index (χ1n) is 8.17. The maximum Gasteiger partial charge on any atom is 0.339 e. The average molecular weight is 353 g/mol. The molecule has 2 heterocycles. The molecule has 1 aliphatic rings. The van der Waals surface area contributed by atoms with Crippen molar-refractivity contribution in [2.45, 2.75) is 12.8 Å². The van der Waals surface area contributed by atoms with Gasteiger partial charge in [-0.05, 0) is 30.2 Å². The van der Waals surface area contributed by atoms with Gasteiger partial charge >= 0.3 is 5.97 Å². The molecule has 1 fully saturated rings. The number of nitrogens with zero attached hydrogens (tertiary/aromatic N) is 2. The predicted octanol–water partition coefficient (Wildman–Crippen LogP) is 4.50. The van der Waals surface area contributed by atoms with Crippen molar-refractivity contribution in [1.29, 1.82) is 0 Å². The number of fused-ring (bicyclic) bond motifs is 1. The van der Waals surface area contributed by atoms with Crippen molar-refractivity contribution in [3.63, 3.8) is 0 Å². The van der Waals surface area contributed by atoms with Gasteiger partial charge < -0.3 is 10.0 Å². The monoisotopic (exact) mass is 352 g/mol. The van der Waals surface area contributed by atoms with Crippen molar-refractivity contribution in [2.75, 3.05) is 18.0 Å². The van der Waals surface area contributed by atoms with Crippen LogP contribution in [-0.4, -0.2) is 29.1 Å². The van der Waals surface area contributed by atoms with E-state index in [1.165, 1.54) is 11.8 Å². The molecule has 1 aromatic heterocycles. The fourth-order valence-electron chi connectivity index (χ4n) is 3.46. The number of anilines is 1. The number of aromatic carboxylic acids is 1. The van der Waals surface area contributed by atoms with E-state index < -0.39 is 5.97 Å². The predicted molar refractivity (Wildman–Crippen MR) is 99.8 cm³/mol. The molecule has 0 spiro atoms. The Bertz CT molecular complexity index is 966. The van der Waals surface area contributed by atoms with Gasteiger partial charge in [-0.2, -0.15) is 0 Å². The molecule has 1 aliphatic heterocycles. The highest BCUT2D eigenvalue weighted by Gasteiger charge is 2.32. The summed E-state index contributed by atoms with van der Waals surface area (Å²) in [5.41, 5.74) is 3.89. The van der Waals surface area contributed by atoms with Crippen LogP contribution in [0.2, 0.25) is 5.02 Å². The number of rotatable bonds is 3. The van der Waals surface area contributed by atoms with E-state index in [9.17, 15) is 9.90 Å². The molecule has 5 heteroatoms. The maximum atomic E-state index is 11.7. The fourth-order valence-corrected chi connectivity index (χ4v) is 3.62. The lowest BCUT2D eigenvalue weighted by molar-refractivity contribution is 0.0697. The number of aromatic nitrogens is 1. The molecule has 2 aromatic carbocycles. The van der Waals surface area contributed by atoms with E-state index >= 15 is 0 Å². The van der Waals surface area contributed by atoms with Gasteiger partial charge in [-0.1, -0.05) is 41.9 Å². The summed E-state index contributed by atoms with van der Waals surface area (Å²) in [6.07, 6.45) is 1.44. The van der Waals surface area contributed by atoms with Crippen LogP contribution < -0.4 is 4.90 Å². The first kappa shape index (κ1) is 15.9. The second kappa shape index (κ2) is 6.05. The Morgan fingerprint density at radius 2 is 1.92 bits per heavy atom. The minimum atomic E-state index is -0.958. The molecule has 3 aromatic rings. The lowest BCUT2D eigenvalue weighted by Crippen LogP contribution is -2.45. The molecular formula is C20H17ClN2O2. The molecule has 4 nitrogen and oxygen atoms in total. The number of pyridine rings is 1. The summed E-state index contributed by atoms with van der Waals surface area (Å²) >= 11 is 6.20. The summed E-state index contributed by atoms with van der Waals surface area (Å²) in [6, 6.07) is 14.0. The van der Waals surface area contributed by atoms with Gasteiger partial charge in [0, 0.05) is 35.6 Å². The summed E-state index contributed by atoms with van der Waals surface area (Å²) in [5, 5.41) is 11.1. The lowest BCUT2D eigenvalue weighted by atomic mass is 9.90.